The van der Waals surface area contributed by atoms with Crippen molar-refractivity contribution < 1.29 is 13.2 Å². The van der Waals surface area contributed by atoms with E-state index in [1.54, 1.807) is 13.8 Å². The van der Waals surface area contributed by atoms with E-state index >= 15 is 0 Å². The van der Waals surface area contributed by atoms with Crippen molar-refractivity contribution in [1.29, 1.82) is 0 Å². The average Bonchev–Trinajstić information content (AvgIpc) is 2.36. The molecule has 1 aromatic rings. The second-order valence-electron chi connectivity index (χ2n) is 5.38. The lowest BCUT2D eigenvalue weighted by Crippen LogP contribution is -2.33. The lowest BCUT2D eigenvalue weighted by Gasteiger charge is -2.21. The molecule has 0 fully saturated rings. The lowest BCUT2D eigenvalue weighted by molar-refractivity contribution is 0.0943. The third-order valence-corrected chi connectivity index (χ3v) is 5.37. The van der Waals surface area contributed by atoms with Crippen LogP contribution in [0.4, 0.5) is 0 Å². The summed E-state index contributed by atoms with van der Waals surface area (Å²) >= 11 is 6.00. The van der Waals surface area contributed by atoms with Crippen LogP contribution in [-0.4, -0.2) is 37.8 Å². The van der Waals surface area contributed by atoms with E-state index < -0.39 is 10.0 Å². The molecule has 5 nitrogen and oxygen atoms in total. The van der Waals surface area contributed by atoms with Crippen LogP contribution in [0.3, 0.4) is 0 Å². The highest BCUT2D eigenvalue weighted by molar-refractivity contribution is 7.89. The molecular weight excluding hydrogens is 312 g/mol. The van der Waals surface area contributed by atoms with Gasteiger partial charge in [-0.05, 0) is 45.9 Å². The molecule has 0 aliphatic rings. The van der Waals surface area contributed by atoms with E-state index in [1.807, 2.05) is 13.8 Å². The summed E-state index contributed by atoms with van der Waals surface area (Å²) in [4.78, 5) is 12.1. The summed E-state index contributed by atoms with van der Waals surface area (Å²) in [5.41, 5.74) is 0.156. The van der Waals surface area contributed by atoms with Crippen LogP contribution in [0.1, 0.15) is 38.1 Å². The van der Waals surface area contributed by atoms with Crippen LogP contribution in [0.25, 0.3) is 0 Å². The van der Waals surface area contributed by atoms with Gasteiger partial charge in [-0.25, -0.2) is 8.42 Å². The standard InChI is InChI=1S/C14H21ClN2O3S/c1-9(2)16-14(18)12-8-11(6-7-13(12)15)21(19,20)17(5)10(3)4/h6-10H,1-5H3,(H,16,18). The quantitative estimate of drug-likeness (QED) is 0.901. The Morgan fingerprint density at radius 1 is 1.24 bits per heavy atom. The van der Waals surface area contributed by atoms with Gasteiger partial charge in [0.05, 0.1) is 15.5 Å². The van der Waals surface area contributed by atoms with Crippen LogP contribution in [-0.2, 0) is 10.0 Å². The minimum atomic E-state index is -3.64. The highest BCUT2D eigenvalue weighted by Gasteiger charge is 2.25. The van der Waals surface area contributed by atoms with E-state index in [9.17, 15) is 13.2 Å². The highest BCUT2D eigenvalue weighted by atomic mass is 35.5. The number of nitrogens with zero attached hydrogens (tertiary/aromatic N) is 1. The highest BCUT2D eigenvalue weighted by Crippen LogP contribution is 2.23. The number of benzene rings is 1. The van der Waals surface area contributed by atoms with Gasteiger partial charge in [0.2, 0.25) is 10.0 Å². The topological polar surface area (TPSA) is 66.5 Å². The summed E-state index contributed by atoms with van der Waals surface area (Å²) in [5, 5.41) is 2.92. The molecule has 0 aromatic heterocycles. The molecule has 21 heavy (non-hydrogen) atoms. The van der Waals surface area contributed by atoms with Crippen LogP contribution < -0.4 is 5.32 Å². The molecule has 0 unspecified atom stereocenters. The molecule has 7 heteroatoms. The summed E-state index contributed by atoms with van der Waals surface area (Å²) in [7, 11) is -2.14. The number of hydrogen-bond acceptors (Lipinski definition) is 3. The molecule has 0 saturated heterocycles. The number of rotatable bonds is 5. The van der Waals surface area contributed by atoms with Gasteiger partial charge in [0, 0.05) is 19.1 Å². The minimum Gasteiger partial charge on any atom is -0.350 e. The molecule has 0 aliphatic heterocycles. The number of hydrogen-bond donors (Lipinski definition) is 1. The molecule has 118 valence electrons. The Hall–Kier alpha value is -1.11. The van der Waals surface area contributed by atoms with Crippen LogP contribution >= 0.6 is 11.6 Å². The fourth-order valence-corrected chi connectivity index (χ4v) is 3.22. The average molecular weight is 333 g/mol. The molecule has 0 aliphatic carbocycles. The maximum atomic E-state index is 12.4. The zero-order valence-corrected chi connectivity index (χ0v) is 14.4. The summed E-state index contributed by atoms with van der Waals surface area (Å²) in [6.07, 6.45) is 0. The minimum absolute atomic E-state index is 0.0528. The van der Waals surface area contributed by atoms with Crippen molar-refractivity contribution in [1.82, 2.24) is 9.62 Å². The van der Waals surface area contributed by atoms with Gasteiger partial charge in [-0.1, -0.05) is 11.6 Å². The van der Waals surface area contributed by atoms with Crippen molar-refractivity contribution in [2.24, 2.45) is 0 Å². The molecule has 0 atom stereocenters. The Labute approximate surface area is 131 Å². The van der Waals surface area contributed by atoms with Crippen molar-refractivity contribution in [2.75, 3.05) is 7.05 Å². The SMILES string of the molecule is CC(C)NC(=O)c1cc(S(=O)(=O)N(C)C(C)C)ccc1Cl. The zero-order valence-electron chi connectivity index (χ0n) is 12.8. The number of carbonyl (C=O) groups is 1. The Balaban J connectivity index is 3.27. The van der Waals surface area contributed by atoms with Crippen molar-refractivity contribution in [3.8, 4) is 0 Å². The third-order valence-electron chi connectivity index (χ3n) is 3.01. The van der Waals surface area contributed by atoms with Crippen molar-refractivity contribution in [3.05, 3.63) is 28.8 Å². The van der Waals surface area contributed by atoms with Gasteiger partial charge in [0.1, 0.15) is 0 Å². The third kappa shape index (κ3) is 4.18. The number of carbonyl (C=O) groups excluding carboxylic acids is 1. The normalized spacial score (nSPS) is 12.2. The van der Waals surface area contributed by atoms with E-state index in [2.05, 4.69) is 5.32 Å². The molecule has 0 spiro atoms. The fourth-order valence-electron chi connectivity index (χ4n) is 1.62. The Morgan fingerprint density at radius 2 is 1.81 bits per heavy atom. The van der Waals surface area contributed by atoms with Gasteiger partial charge >= 0.3 is 0 Å². The summed E-state index contributed by atoms with van der Waals surface area (Å²) in [5.74, 6) is -0.390. The van der Waals surface area contributed by atoms with E-state index in [4.69, 9.17) is 11.6 Å². The fraction of sp³-hybridized carbons (Fsp3) is 0.500. The molecule has 0 bridgehead atoms. The van der Waals surface area contributed by atoms with Gasteiger partial charge in [0.15, 0.2) is 0 Å². The number of nitrogens with one attached hydrogen (secondary N) is 1. The maximum Gasteiger partial charge on any atom is 0.253 e. The molecule has 0 heterocycles. The monoisotopic (exact) mass is 332 g/mol. The van der Waals surface area contributed by atoms with Crippen LogP contribution in [0.5, 0.6) is 0 Å². The Morgan fingerprint density at radius 3 is 2.29 bits per heavy atom. The number of sulfonamides is 1. The van der Waals surface area contributed by atoms with E-state index in [-0.39, 0.29) is 33.5 Å². The summed E-state index contributed by atoms with van der Waals surface area (Å²) < 4.78 is 26.1. The van der Waals surface area contributed by atoms with Crippen molar-refractivity contribution in [3.63, 3.8) is 0 Å². The molecule has 0 saturated carbocycles. The Kier molecular flexibility index (Phi) is 5.78. The first-order valence-corrected chi connectivity index (χ1v) is 8.47. The number of amides is 1. The predicted octanol–water partition coefficient (Wildman–Crippen LogP) is 2.51. The predicted molar refractivity (Wildman–Crippen MR) is 84.1 cm³/mol. The Bertz CT molecular complexity index is 627. The van der Waals surface area contributed by atoms with E-state index in [1.165, 1.54) is 29.6 Å². The van der Waals surface area contributed by atoms with Gasteiger partial charge < -0.3 is 5.32 Å². The van der Waals surface area contributed by atoms with Gasteiger partial charge in [-0.15, -0.1) is 0 Å². The second-order valence-corrected chi connectivity index (χ2v) is 7.79. The molecular formula is C14H21ClN2O3S. The van der Waals surface area contributed by atoms with Crippen molar-refractivity contribution >= 4 is 27.5 Å². The zero-order chi connectivity index (χ0) is 16.4. The summed E-state index contributed by atoms with van der Waals surface area (Å²) in [6, 6.07) is 3.90. The summed E-state index contributed by atoms with van der Waals surface area (Å²) in [6.45, 7) is 7.19. The first-order valence-electron chi connectivity index (χ1n) is 6.65. The van der Waals surface area contributed by atoms with Gasteiger partial charge in [0.25, 0.3) is 5.91 Å². The second kappa shape index (κ2) is 6.77. The van der Waals surface area contributed by atoms with Crippen LogP contribution in [0.15, 0.2) is 23.1 Å². The molecule has 0 radical (unpaired) electrons. The van der Waals surface area contributed by atoms with Crippen LogP contribution in [0, 0.1) is 0 Å². The first kappa shape index (κ1) is 17.9. The van der Waals surface area contributed by atoms with E-state index in [0.717, 1.165) is 0 Å². The maximum absolute atomic E-state index is 12.4. The smallest absolute Gasteiger partial charge is 0.253 e. The molecule has 1 amide bonds. The lowest BCUT2D eigenvalue weighted by atomic mass is 10.2. The van der Waals surface area contributed by atoms with E-state index in [0.29, 0.717) is 0 Å². The largest absolute Gasteiger partial charge is 0.350 e. The van der Waals surface area contributed by atoms with Gasteiger partial charge in [-0.2, -0.15) is 4.31 Å². The van der Waals surface area contributed by atoms with Gasteiger partial charge in [-0.3, -0.25) is 4.79 Å². The van der Waals surface area contributed by atoms with Crippen molar-refractivity contribution in [2.45, 2.75) is 44.7 Å². The number of halogens is 1. The molecule has 1 aromatic carbocycles. The van der Waals surface area contributed by atoms with Crippen LogP contribution in [0.2, 0.25) is 5.02 Å². The molecule has 1 N–H and O–H groups in total. The first-order chi connectivity index (χ1) is 9.57. The molecule has 1 rings (SSSR count).